The van der Waals surface area contributed by atoms with E-state index in [9.17, 15) is 4.79 Å². The Balaban J connectivity index is 1.78. The van der Waals surface area contributed by atoms with Gasteiger partial charge in [-0.05, 0) is 40.6 Å². The first-order valence-corrected chi connectivity index (χ1v) is 7.11. The lowest BCUT2D eigenvalue weighted by atomic mass is 10.1. The largest absolute Gasteiger partial charge is 0.326 e. The van der Waals surface area contributed by atoms with Crippen LogP contribution in [0.3, 0.4) is 0 Å². The molecule has 3 nitrogen and oxygen atoms in total. The van der Waals surface area contributed by atoms with Crippen LogP contribution in [0.4, 0.5) is 11.4 Å². The first kappa shape index (κ1) is 14.0. The number of aliphatic imine (C=N–C) groups is 1. The van der Waals surface area contributed by atoms with Gasteiger partial charge in [-0.1, -0.05) is 42.5 Å². The van der Waals surface area contributed by atoms with E-state index in [1.54, 1.807) is 0 Å². The summed E-state index contributed by atoms with van der Waals surface area (Å²) in [5.74, 6) is -0.0717. The molecule has 0 atom stereocenters. The van der Waals surface area contributed by atoms with Crippen molar-refractivity contribution in [1.82, 2.24) is 0 Å². The number of carbonyl (C=O) groups is 1. The second-order valence-electron chi connectivity index (χ2n) is 5.09. The van der Waals surface area contributed by atoms with Crippen molar-refractivity contribution in [2.75, 3.05) is 5.32 Å². The number of carbonyl (C=O) groups excluding carboxylic acids is 1. The van der Waals surface area contributed by atoms with Crippen LogP contribution < -0.4 is 5.32 Å². The number of nitrogens with one attached hydrogen (secondary N) is 1. The van der Waals surface area contributed by atoms with Gasteiger partial charge < -0.3 is 5.32 Å². The molecule has 0 saturated carbocycles. The van der Waals surface area contributed by atoms with Crippen LogP contribution in [-0.4, -0.2) is 12.1 Å². The summed E-state index contributed by atoms with van der Waals surface area (Å²) in [6.07, 6.45) is 1.82. The summed E-state index contributed by atoms with van der Waals surface area (Å²) in [6, 6.07) is 21.9. The molecule has 1 N–H and O–H groups in total. The van der Waals surface area contributed by atoms with Gasteiger partial charge in [-0.3, -0.25) is 9.79 Å². The van der Waals surface area contributed by atoms with Crippen molar-refractivity contribution in [3.05, 3.63) is 72.3 Å². The lowest BCUT2D eigenvalue weighted by molar-refractivity contribution is -0.114. The number of hydrogen-bond acceptors (Lipinski definition) is 2. The molecule has 1 amide bonds. The summed E-state index contributed by atoms with van der Waals surface area (Å²) in [7, 11) is 0. The van der Waals surface area contributed by atoms with Gasteiger partial charge in [-0.15, -0.1) is 0 Å². The Hall–Kier alpha value is -2.94. The van der Waals surface area contributed by atoms with Gasteiger partial charge in [0, 0.05) is 18.8 Å². The van der Waals surface area contributed by atoms with E-state index in [1.807, 2.05) is 48.7 Å². The van der Waals surface area contributed by atoms with Gasteiger partial charge >= 0.3 is 0 Å². The second-order valence-corrected chi connectivity index (χ2v) is 5.09. The van der Waals surface area contributed by atoms with E-state index in [1.165, 1.54) is 17.7 Å². The maximum atomic E-state index is 11.0. The highest BCUT2D eigenvalue weighted by atomic mass is 16.1. The van der Waals surface area contributed by atoms with Gasteiger partial charge in [-0.25, -0.2) is 0 Å². The molecule has 0 unspecified atom stereocenters. The van der Waals surface area contributed by atoms with Crippen LogP contribution in [0.25, 0.3) is 10.8 Å². The third-order valence-electron chi connectivity index (χ3n) is 3.33. The van der Waals surface area contributed by atoms with E-state index in [4.69, 9.17) is 0 Å². The standard InChI is InChI=1S/C19H16N2O/c1-14(22)21-18-9-6-15(7-10-18)13-20-19-11-8-16-4-2-3-5-17(16)12-19/h2-13H,1H3,(H,21,22). The zero-order valence-electron chi connectivity index (χ0n) is 12.3. The molecule has 108 valence electrons. The molecule has 3 rings (SSSR count). The Bertz CT molecular complexity index is 835. The van der Waals surface area contributed by atoms with Crippen LogP contribution in [0.5, 0.6) is 0 Å². The van der Waals surface area contributed by atoms with E-state index in [0.717, 1.165) is 16.9 Å². The van der Waals surface area contributed by atoms with E-state index < -0.39 is 0 Å². The third-order valence-corrected chi connectivity index (χ3v) is 3.33. The molecule has 0 radical (unpaired) electrons. The molecule has 3 aromatic rings. The Morgan fingerprint density at radius 3 is 2.41 bits per heavy atom. The zero-order chi connectivity index (χ0) is 15.4. The van der Waals surface area contributed by atoms with Gasteiger partial charge in [-0.2, -0.15) is 0 Å². The predicted octanol–water partition coefficient (Wildman–Crippen LogP) is 4.55. The van der Waals surface area contributed by atoms with Gasteiger partial charge in [0.25, 0.3) is 0 Å². The van der Waals surface area contributed by atoms with Crippen LogP contribution >= 0.6 is 0 Å². The van der Waals surface area contributed by atoms with Crippen molar-refractivity contribution in [2.24, 2.45) is 4.99 Å². The van der Waals surface area contributed by atoms with Crippen LogP contribution in [0.1, 0.15) is 12.5 Å². The summed E-state index contributed by atoms with van der Waals surface area (Å²) >= 11 is 0. The smallest absolute Gasteiger partial charge is 0.221 e. The van der Waals surface area contributed by atoms with Gasteiger partial charge in [0.2, 0.25) is 5.91 Å². The fourth-order valence-electron chi connectivity index (χ4n) is 2.26. The maximum absolute atomic E-state index is 11.0. The molecule has 0 aromatic heterocycles. The SMILES string of the molecule is CC(=O)Nc1ccc(C=Nc2ccc3ccccc3c2)cc1. The molecule has 0 bridgehead atoms. The van der Waals surface area contributed by atoms with Crippen molar-refractivity contribution in [3.63, 3.8) is 0 Å². The molecular weight excluding hydrogens is 272 g/mol. The predicted molar refractivity (Wildman–Crippen MR) is 91.9 cm³/mol. The lowest BCUT2D eigenvalue weighted by Crippen LogP contribution is -2.05. The van der Waals surface area contributed by atoms with Crippen molar-refractivity contribution >= 4 is 34.3 Å². The summed E-state index contributed by atoms with van der Waals surface area (Å²) in [6.45, 7) is 1.50. The van der Waals surface area contributed by atoms with E-state index in [2.05, 4.69) is 34.6 Å². The number of hydrogen-bond donors (Lipinski definition) is 1. The molecule has 0 spiro atoms. The molecule has 22 heavy (non-hydrogen) atoms. The minimum atomic E-state index is -0.0717. The normalized spacial score (nSPS) is 11.0. The Morgan fingerprint density at radius 2 is 1.68 bits per heavy atom. The average molecular weight is 288 g/mol. The molecule has 0 aliphatic rings. The lowest BCUT2D eigenvalue weighted by Gasteiger charge is -2.02. The summed E-state index contributed by atoms with van der Waals surface area (Å²) in [5.41, 5.74) is 2.70. The Kier molecular flexibility index (Phi) is 3.97. The number of amides is 1. The molecule has 0 saturated heterocycles. The number of anilines is 1. The van der Waals surface area contributed by atoms with Gasteiger partial charge in [0.15, 0.2) is 0 Å². The summed E-state index contributed by atoms with van der Waals surface area (Å²) in [4.78, 5) is 15.5. The number of benzene rings is 3. The van der Waals surface area contributed by atoms with E-state index in [-0.39, 0.29) is 5.91 Å². The molecule has 0 heterocycles. The van der Waals surface area contributed by atoms with Crippen LogP contribution in [0.2, 0.25) is 0 Å². The Labute approximate surface area is 129 Å². The van der Waals surface area contributed by atoms with Gasteiger partial charge in [0.1, 0.15) is 0 Å². The van der Waals surface area contributed by atoms with Crippen molar-refractivity contribution in [2.45, 2.75) is 6.92 Å². The minimum absolute atomic E-state index is 0.0717. The van der Waals surface area contributed by atoms with Crippen molar-refractivity contribution in [1.29, 1.82) is 0 Å². The maximum Gasteiger partial charge on any atom is 0.221 e. The van der Waals surface area contributed by atoms with Crippen molar-refractivity contribution < 1.29 is 4.79 Å². The molecular formula is C19H16N2O. The van der Waals surface area contributed by atoms with Crippen LogP contribution in [-0.2, 0) is 4.79 Å². The molecule has 0 aliphatic heterocycles. The number of fused-ring (bicyclic) bond motifs is 1. The molecule has 3 heteroatoms. The minimum Gasteiger partial charge on any atom is -0.326 e. The average Bonchev–Trinajstić information content (AvgIpc) is 2.53. The summed E-state index contributed by atoms with van der Waals surface area (Å²) in [5, 5.41) is 5.13. The monoisotopic (exact) mass is 288 g/mol. The first-order chi connectivity index (χ1) is 10.7. The first-order valence-electron chi connectivity index (χ1n) is 7.11. The highest BCUT2D eigenvalue weighted by molar-refractivity contribution is 5.90. The topological polar surface area (TPSA) is 41.5 Å². The van der Waals surface area contributed by atoms with E-state index >= 15 is 0 Å². The number of nitrogens with zero attached hydrogens (tertiary/aromatic N) is 1. The fraction of sp³-hybridized carbons (Fsp3) is 0.0526. The second kappa shape index (κ2) is 6.22. The molecule has 3 aromatic carbocycles. The highest BCUT2D eigenvalue weighted by Crippen LogP contribution is 2.21. The number of rotatable bonds is 3. The zero-order valence-corrected chi connectivity index (χ0v) is 12.3. The quantitative estimate of drug-likeness (QED) is 0.706. The van der Waals surface area contributed by atoms with Crippen LogP contribution in [0, 0.1) is 0 Å². The molecule has 0 fully saturated rings. The van der Waals surface area contributed by atoms with Crippen molar-refractivity contribution in [3.8, 4) is 0 Å². The van der Waals surface area contributed by atoms with Gasteiger partial charge in [0.05, 0.1) is 5.69 Å². The fourth-order valence-corrected chi connectivity index (χ4v) is 2.26. The summed E-state index contributed by atoms with van der Waals surface area (Å²) < 4.78 is 0. The highest BCUT2D eigenvalue weighted by Gasteiger charge is 1.96. The third kappa shape index (κ3) is 3.38. The molecule has 0 aliphatic carbocycles. The van der Waals surface area contributed by atoms with Crippen LogP contribution in [0.15, 0.2) is 71.7 Å². The van der Waals surface area contributed by atoms with E-state index in [0.29, 0.717) is 0 Å². The Morgan fingerprint density at radius 1 is 0.955 bits per heavy atom.